The van der Waals surface area contributed by atoms with Crippen LogP contribution in [0.2, 0.25) is 0 Å². The molecular weight excluding hydrogens is 197 g/mol. The Balaban J connectivity index is 2.23. The first-order valence-corrected chi connectivity index (χ1v) is 4.81. The number of anilines is 1. The van der Waals surface area contributed by atoms with Crippen molar-refractivity contribution in [2.24, 2.45) is 0 Å². The fourth-order valence-corrected chi connectivity index (χ4v) is 1.63. The highest BCUT2D eigenvalue weighted by atomic mass is 19.1. The van der Waals surface area contributed by atoms with E-state index in [0.717, 1.165) is 0 Å². The van der Waals surface area contributed by atoms with Gasteiger partial charge >= 0.3 is 0 Å². The molecule has 2 rings (SSSR count). The van der Waals surface area contributed by atoms with E-state index in [0.29, 0.717) is 32.0 Å². The monoisotopic (exact) mass is 208 g/mol. The molecule has 79 valence electrons. The van der Waals surface area contributed by atoms with Gasteiger partial charge in [0.2, 0.25) is 6.29 Å². The minimum absolute atomic E-state index is 0.240. The number of hydrogen-bond acceptors (Lipinski definition) is 3. The van der Waals surface area contributed by atoms with Crippen LogP contribution in [0.15, 0.2) is 18.2 Å². The lowest BCUT2D eigenvalue weighted by Crippen LogP contribution is -2.36. The van der Waals surface area contributed by atoms with Crippen LogP contribution in [0.1, 0.15) is 5.56 Å². The molecular formula is C11H11FNO2. The molecule has 1 aromatic carbocycles. The standard InChI is InChI=1S/C11H11FNO2/c12-10-7-9(8-14)1-2-11(10)13-3-5-15-6-4-13/h1-2,7H,3-6H2. The van der Waals surface area contributed by atoms with Gasteiger partial charge in [0, 0.05) is 18.7 Å². The number of hydrogen-bond donors (Lipinski definition) is 0. The molecule has 1 heterocycles. The number of morpholine rings is 1. The van der Waals surface area contributed by atoms with Crippen molar-refractivity contribution in [3.05, 3.63) is 29.6 Å². The van der Waals surface area contributed by atoms with E-state index in [2.05, 4.69) is 0 Å². The Morgan fingerprint density at radius 1 is 1.33 bits per heavy atom. The van der Waals surface area contributed by atoms with Crippen molar-refractivity contribution in [2.45, 2.75) is 0 Å². The Labute approximate surface area is 87.5 Å². The molecule has 1 aromatic rings. The van der Waals surface area contributed by atoms with Crippen molar-refractivity contribution >= 4 is 12.0 Å². The van der Waals surface area contributed by atoms with E-state index < -0.39 is 0 Å². The SMILES string of the molecule is O=[C]c1ccc(N2CCOCC2)c(F)c1. The maximum absolute atomic E-state index is 13.6. The largest absolute Gasteiger partial charge is 0.378 e. The Hall–Kier alpha value is -1.42. The molecule has 0 saturated carbocycles. The van der Waals surface area contributed by atoms with Crippen molar-refractivity contribution in [2.75, 3.05) is 31.2 Å². The third-order valence-electron chi connectivity index (χ3n) is 2.42. The summed E-state index contributed by atoms with van der Waals surface area (Å²) in [7, 11) is 0. The summed E-state index contributed by atoms with van der Waals surface area (Å²) in [5.74, 6) is -0.377. The van der Waals surface area contributed by atoms with Crippen LogP contribution in [0, 0.1) is 5.82 Å². The predicted molar refractivity (Wildman–Crippen MR) is 54.2 cm³/mol. The summed E-state index contributed by atoms with van der Waals surface area (Å²) in [6.07, 6.45) is 1.66. The number of ether oxygens (including phenoxy) is 1. The first-order chi connectivity index (χ1) is 7.31. The molecule has 0 atom stereocenters. The van der Waals surface area contributed by atoms with Crippen LogP contribution >= 0.6 is 0 Å². The smallest absolute Gasteiger partial charge is 0.233 e. The highest BCUT2D eigenvalue weighted by Crippen LogP contribution is 2.20. The second-order valence-corrected chi connectivity index (χ2v) is 3.37. The summed E-state index contributed by atoms with van der Waals surface area (Å²) in [5, 5.41) is 0. The second-order valence-electron chi connectivity index (χ2n) is 3.37. The number of rotatable bonds is 2. The third-order valence-corrected chi connectivity index (χ3v) is 2.42. The highest BCUT2D eigenvalue weighted by molar-refractivity contribution is 5.76. The van der Waals surface area contributed by atoms with E-state index in [4.69, 9.17) is 4.74 Å². The first kappa shape index (κ1) is 10.1. The van der Waals surface area contributed by atoms with E-state index in [1.54, 1.807) is 18.4 Å². The molecule has 0 aliphatic carbocycles. The molecule has 0 unspecified atom stereocenters. The lowest BCUT2D eigenvalue weighted by molar-refractivity contribution is 0.122. The van der Waals surface area contributed by atoms with Crippen molar-refractivity contribution < 1.29 is 13.9 Å². The summed E-state index contributed by atoms with van der Waals surface area (Å²) in [6, 6.07) is 4.39. The van der Waals surface area contributed by atoms with E-state index in [1.807, 2.05) is 4.90 Å². The third kappa shape index (κ3) is 2.15. The minimum atomic E-state index is -0.377. The molecule has 0 spiro atoms. The van der Waals surface area contributed by atoms with Crippen molar-refractivity contribution in [1.29, 1.82) is 0 Å². The Morgan fingerprint density at radius 3 is 2.67 bits per heavy atom. The van der Waals surface area contributed by atoms with Gasteiger partial charge in [-0.15, -0.1) is 0 Å². The fourth-order valence-electron chi connectivity index (χ4n) is 1.63. The quantitative estimate of drug-likeness (QED) is 0.729. The molecule has 0 aromatic heterocycles. The Bertz CT molecular complexity index is 362. The first-order valence-electron chi connectivity index (χ1n) is 4.81. The van der Waals surface area contributed by atoms with E-state index in [9.17, 15) is 9.18 Å². The second kappa shape index (κ2) is 4.40. The van der Waals surface area contributed by atoms with Crippen LogP contribution in [0.5, 0.6) is 0 Å². The summed E-state index contributed by atoms with van der Waals surface area (Å²) in [4.78, 5) is 12.2. The predicted octanol–water partition coefficient (Wildman–Crippen LogP) is 1.12. The molecule has 4 heteroatoms. The van der Waals surface area contributed by atoms with Crippen LogP contribution in [0.4, 0.5) is 10.1 Å². The molecule has 0 amide bonds. The zero-order chi connectivity index (χ0) is 10.7. The molecule has 3 nitrogen and oxygen atoms in total. The molecule has 0 bridgehead atoms. The van der Waals surface area contributed by atoms with Crippen LogP contribution in [0.3, 0.4) is 0 Å². The lowest BCUT2D eigenvalue weighted by Gasteiger charge is -2.29. The molecule has 1 aliphatic rings. The average Bonchev–Trinajstić information content (AvgIpc) is 2.30. The number of benzene rings is 1. The topological polar surface area (TPSA) is 29.5 Å². The van der Waals surface area contributed by atoms with Crippen molar-refractivity contribution in [3.8, 4) is 0 Å². The van der Waals surface area contributed by atoms with Gasteiger partial charge in [0.15, 0.2) is 0 Å². The Morgan fingerprint density at radius 2 is 2.07 bits per heavy atom. The van der Waals surface area contributed by atoms with Crippen LogP contribution in [0.25, 0.3) is 0 Å². The lowest BCUT2D eigenvalue weighted by atomic mass is 10.2. The van der Waals surface area contributed by atoms with Gasteiger partial charge in [-0.1, -0.05) is 0 Å². The molecule has 0 N–H and O–H groups in total. The summed E-state index contributed by atoms with van der Waals surface area (Å²) in [5.41, 5.74) is 0.766. The zero-order valence-electron chi connectivity index (χ0n) is 8.20. The highest BCUT2D eigenvalue weighted by Gasteiger charge is 2.14. The van der Waals surface area contributed by atoms with Crippen LogP contribution in [-0.2, 0) is 9.53 Å². The average molecular weight is 208 g/mol. The van der Waals surface area contributed by atoms with Crippen molar-refractivity contribution in [3.63, 3.8) is 0 Å². The molecule has 1 aliphatic heterocycles. The molecule has 1 saturated heterocycles. The molecule has 15 heavy (non-hydrogen) atoms. The van der Waals surface area contributed by atoms with Crippen molar-refractivity contribution in [1.82, 2.24) is 0 Å². The zero-order valence-corrected chi connectivity index (χ0v) is 8.20. The summed E-state index contributed by atoms with van der Waals surface area (Å²) >= 11 is 0. The number of nitrogens with zero attached hydrogens (tertiary/aromatic N) is 1. The van der Waals surface area contributed by atoms with Gasteiger partial charge < -0.3 is 9.64 Å². The van der Waals surface area contributed by atoms with Gasteiger partial charge in [-0.3, -0.25) is 4.79 Å². The maximum atomic E-state index is 13.6. The number of halogens is 1. The Kier molecular flexibility index (Phi) is 2.97. The van der Waals surface area contributed by atoms with Gasteiger partial charge in [0.1, 0.15) is 5.82 Å². The van der Waals surface area contributed by atoms with Gasteiger partial charge in [0.25, 0.3) is 0 Å². The van der Waals surface area contributed by atoms with E-state index in [-0.39, 0.29) is 11.4 Å². The van der Waals surface area contributed by atoms with Crippen LogP contribution in [-0.4, -0.2) is 32.6 Å². The van der Waals surface area contributed by atoms with Gasteiger partial charge in [-0.2, -0.15) is 0 Å². The maximum Gasteiger partial charge on any atom is 0.233 e. The van der Waals surface area contributed by atoms with Crippen LogP contribution < -0.4 is 4.90 Å². The summed E-state index contributed by atoms with van der Waals surface area (Å²) < 4.78 is 18.7. The number of carbonyl (C=O) groups excluding carboxylic acids is 1. The summed E-state index contributed by atoms with van der Waals surface area (Å²) in [6.45, 7) is 2.59. The van der Waals surface area contributed by atoms with Gasteiger partial charge in [0.05, 0.1) is 18.9 Å². The molecule has 1 fully saturated rings. The fraction of sp³-hybridized carbons (Fsp3) is 0.364. The van der Waals surface area contributed by atoms with Gasteiger partial charge in [-0.05, 0) is 18.2 Å². The van der Waals surface area contributed by atoms with E-state index >= 15 is 0 Å². The normalized spacial score (nSPS) is 16.5. The van der Waals surface area contributed by atoms with Gasteiger partial charge in [-0.25, -0.2) is 4.39 Å². The minimum Gasteiger partial charge on any atom is -0.378 e. The van der Waals surface area contributed by atoms with E-state index in [1.165, 1.54) is 6.07 Å². The molecule has 1 radical (unpaired) electrons.